The molecule has 3 amide bonds. The molecule has 4 rings (SSSR count). The van der Waals surface area contributed by atoms with Crippen molar-refractivity contribution in [2.45, 2.75) is 311 Å². The van der Waals surface area contributed by atoms with Gasteiger partial charge in [0.1, 0.15) is 61.7 Å². The first-order valence-electron chi connectivity index (χ1n) is 52.0. The Balaban J connectivity index is -0.000000530. The lowest BCUT2D eigenvalue weighted by Crippen LogP contribution is -2.45. The van der Waals surface area contributed by atoms with Crippen LogP contribution in [0.5, 0.6) is 5.75 Å². The maximum Gasteiger partial charge on any atom is 0.337 e. The predicted molar refractivity (Wildman–Crippen MR) is 584 cm³/mol. The molecule has 1 saturated carbocycles. The molecule has 149 heavy (non-hydrogen) atoms. The van der Waals surface area contributed by atoms with Crippen LogP contribution in [0.1, 0.15) is 317 Å². The van der Waals surface area contributed by atoms with E-state index >= 15 is 0 Å². The minimum absolute atomic E-state index is 0.0128. The second-order valence-corrected chi connectivity index (χ2v) is 38.9. The number of methoxy groups -OCH3 is 1. The average molecular weight is 2110 g/mol. The van der Waals surface area contributed by atoms with Crippen molar-refractivity contribution in [2.75, 3.05) is 140 Å². The summed E-state index contributed by atoms with van der Waals surface area (Å²) in [6, 6.07) is 19.0. The molecule has 1 aliphatic rings. The molecule has 0 radical (unpaired) electrons. The van der Waals surface area contributed by atoms with E-state index in [0.717, 1.165) is 145 Å². The summed E-state index contributed by atoms with van der Waals surface area (Å²) >= 11 is 0. The minimum Gasteiger partial charge on any atom is -0.508 e. The van der Waals surface area contributed by atoms with Gasteiger partial charge >= 0.3 is 59.7 Å². The number of benzene rings is 3. The van der Waals surface area contributed by atoms with E-state index < -0.39 is 45.5 Å². The summed E-state index contributed by atoms with van der Waals surface area (Å²) < 4.78 is 39.9. The molecule has 0 heterocycles. The number of hydrogen-bond donors (Lipinski definition) is 12. The van der Waals surface area contributed by atoms with Crippen molar-refractivity contribution in [2.24, 2.45) is 33.5 Å². The fourth-order valence-electron chi connectivity index (χ4n) is 12.9. The number of aliphatic carboxylic acids is 1. The molecule has 1 aliphatic carbocycles. The molecule has 0 bridgehead atoms. The number of ketones is 3. The zero-order valence-corrected chi connectivity index (χ0v) is 95.0. The first kappa shape index (κ1) is 146. The number of likely N-dealkylation sites (N-methyl/N-ethyl adjacent to an activating group) is 4. The molecule has 0 atom stereocenters. The largest absolute Gasteiger partial charge is 0.508 e. The average Bonchev–Trinajstić information content (AvgIpc) is 0.863. The Labute approximate surface area is 889 Å². The quantitative estimate of drug-likeness (QED) is 0.0108. The van der Waals surface area contributed by atoms with E-state index in [-0.39, 0.29) is 128 Å². The van der Waals surface area contributed by atoms with Crippen molar-refractivity contribution in [3.63, 3.8) is 0 Å². The van der Waals surface area contributed by atoms with E-state index in [1.54, 1.807) is 109 Å². The van der Waals surface area contributed by atoms with Gasteiger partial charge < -0.3 is 111 Å². The number of phenolic OH excluding ortho intramolecular Hbond substituents is 1. The lowest BCUT2D eigenvalue weighted by Gasteiger charge is -2.31. The van der Waals surface area contributed by atoms with Crippen LogP contribution < -0.4 is 47.9 Å². The van der Waals surface area contributed by atoms with Gasteiger partial charge in [0.2, 0.25) is 17.7 Å². The second-order valence-electron chi connectivity index (χ2n) is 38.9. The number of anilines is 1. The van der Waals surface area contributed by atoms with Crippen LogP contribution in [0.15, 0.2) is 103 Å². The highest BCUT2D eigenvalue weighted by atomic mass is 16.6. The van der Waals surface area contributed by atoms with Crippen LogP contribution in [0.25, 0.3) is 0 Å². The van der Waals surface area contributed by atoms with Crippen LogP contribution >= 0.6 is 0 Å². The minimum atomic E-state index is -1.05. The summed E-state index contributed by atoms with van der Waals surface area (Å²) in [7, 11) is 12.3. The molecule has 3 aromatic carbocycles. The van der Waals surface area contributed by atoms with E-state index in [4.69, 9.17) is 43.4 Å². The number of carboxylic acids is 2. The number of unbranched alkanes of at least 4 members (excludes halogenated alkanes) is 8. The normalized spacial score (nSPS) is 12.2. The van der Waals surface area contributed by atoms with Gasteiger partial charge in [-0.3, -0.25) is 43.2 Å². The van der Waals surface area contributed by atoms with Crippen LogP contribution in [-0.2, 0) is 124 Å². The molecule has 36 nitrogen and oxygen atoms in total. The second kappa shape index (κ2) is 87.3. The summed E-state index contributed by atoms with van der Waals surface area (Å²) in [5.41, 5.74) is 3.87. The lowest BCUT2D eigenvalue weighted by atomic mass is 9.80. The predicted octanol–water partition coefficient (Wildman–Crippen LogP) is 15.8. The van der Waals surface area contributed by atoms with Gasteiger partial charge in [-0.2, -0.15) is 0 Å². The standard InChI is InChI=1S/C24H38N2O4.C14H19NO3.C12H20O6.C12H20O4.2C11H21NO2.C11H14O2.2C9H18N2O2/c1-24(16-25-2,17-26-3)23(29)30-15-20-6-4-18(5-7-20)8-13-22(28)14-19-9-11-21(27)12-10-19;1-5-14(2,3)13(17)15-11-8-6-10(7-9-11)12(16)18-4;1-4-12(2,3)11(16)18-8-7-17-10(15)6-5-9(13)14;1-6-12(4,5)11(14)16-8-7-15-10(13)9(2)3;2*1-10(13)8-6-4-3-5-7-9-12-11(2)14;1-3-8-5-9(4-2)7-10(6-8)11(12)13;2*1-7(2)9(12)13-8(5-10-3)6-11-4/h9-12,18,20,25-27H,4-8,13-17H2,1-3H3;6-9H,5H2,1-4H3,(H,15,17);4-8H2,1-3H3,(H,13,14);2,6-8H2,1,3-5H3;2*3-9H2,1-2H3,(H,12,14);5-7H,3-4H2,1-2H3,(H,12,13);2*8,10-11H,1,5-6H2,2-4H3. The van der Waals surface area contributed by atoms with Crippen LogP contribution in [0.4, 0.5) is 5.69 Å². The van der Waals surface area contributed by atoms with Crippen LogP contribution in [0.2, 0.25) is 0 Å². The molecule has 12 N–H and O–H groups in total. The Morgan fingerprint density at radius 2 is 0.805 bits per heavy atom. The number of hydrogen-bond acceptors (Lipinski definition) is 31. The fourth-order valence-corrected chi connectivity index (χ4v) is 12.9. The molecule has 0 unspecified atom stereocenters. The number of phenols is 1. The molecule has 0 spiro atoms. The van der Waals surface area contributed by atoms with Crippen molar-refractivity contribution in [1.29, 1.82) is 0 Å². The zero-order chi connectivity index (χ0) is 115. The summed E-state index contributed by atoms with van der Waals surface area (Å²) in [6.45, 7) is 50.2. The van der Waals surface area contributed by atoms with E-state index in [0.29, 0.717) is 130 Å². The van der Waals surface area contributed by atoms with Gasteiger partial charge in [-0.1, -0.05) is 138 Å². The van der Waals surface area contributed by atoms with E-state index in [1.165, 1.54) is 21.0 Å². The van der Waals surface area contributed by atoms with E-state index in [2.05, 4.69) is 78.4 Å². The van der Waals surface area contributed by atoms with Gasteiger partial charge in [0.15, 0.2) is 0 Å². The van der Waals surface area contributed by atoms with Crippen molar-refractivity contribution in [3.05, 3.63) is 131 Å². The maximum atomic E-state index is 12.5. The maximum absolute atomic E-state index is 12.5. The Kier molecular flexibility index (Phi) is 85.5. The van der Waals surface area contributed by atoms with E-state index in [1.807, 2.05) is 112 Å². The Morgan fingerprint density at radius 3 is 1.16 bits per heavy atom. The number of carbonyl (C=O) groups is 16. The SMILES string of the molecule is C=C(C)C(=O)OC(CNC)CNC.C=C(C)C(=O)OC(CNC)CNC.C=C(C)C(=O)OCCOC(=O)C(C)(C)CC.CC(=O)CCCCCCCNC(C)=O.CC(=O)CCCCCCCNC(C)=O.CCC(C)(C)C(=O)Nc1ccc(C(=O)OC)cc1.CCC(C)(C)C(=O)OCCOC(=O)CCC(=O)O.CCc1cc(CC)cc(C(=O)O)c1.CNCC(C)(CNC)C(=O)OCC1CCC(CCC(=O)Cc2ccc(O)cc2)CC1. The van der Waals surface area contributed by atoms with Gasteiger partial charge in [-0.25, -0.2) is 24.0 Å². The number of carboxylic acid groups (broad SMARTS) is 2. The van der Waals surface area contributed by atoms with Crippen molar-refractivity contribution in [3.8, 4) is 5.75 Å². The molecule has 848 valence electrons. The number of Topliss-reactive ketones (excluding diaryl/α,β-unsaturated/α-hetero) is 3. The lowest BCUT2D eigenvalue weighted by molar-refractivity contribution is -0.159. The molecule has 0 aromatic heterocycles. The third-order valence-electron chi connectivity index (χ3n) is 23.4. The first-order chi connectivity index (χ1) is 70.0. The van der Waals surface area contributed by atoms with Gasteiger partial charge in [-0.05, 0) is 266 Å². The van der Waals surface area contributed by atoms with Gasteiger partial charge in [0, 0.05) is 120 Å². The third kappa shape index (κ3) is 79.3. The smallest absolute Gasteiger partial charge is 0.337 e. The molecule has 36 heteroatoms. The monoisotopic (exact) mass is 2100 g/mol. The number of esters is 8. The number of carbonyl (C=O) groups excluding carboxylic acids is 14. The number of aromatic hydroxyl groups is 1. The summed E-state index contributed by atoms with van der Waals surface area (Å²) in [5.74, 6) is -2.69. The van der Waals surface area contributed by atoms with Crippen molar-refractivity contribution >= 4 is 100 Å². The molecular formula is C113H189N9O27. The Bertz CT molecular complexity index is 4250. The summed E-state index contributed by atoms with van der Waals surface area (Å²) in [6.07, 6.45) is 21.8. The highest BCUT2D eigenvalue weighted by Gasteiger charge is 2.35. The van der Waals surface area contributed by atoms with Crippen LogP contribution in [0, 0.1) is 33.5 Å². The summed E-state index contributed by atoms with van der Waals surface area (Å²) in [5, 5.41) is 52.8. The van der Waals surface area contributed by atoms with Gasteiger partial charge in [0.25, 0.3) is 0 Å². The molecular weight excluding hydrogens is 1920 g/mol. The van der Waals surface area contributed by atoms with Crippen LogP contribution in [0.3, 0.4) is 0 Å². The number of nitrogens with one attached hydrogen (secondary N) is 9. The number of amides is 3. The Hall–Kier alpha value is -11.4. The number of ether oxygens (including phenoxy) is 8. The van der Waals surface area contributed by atoms with Crippen molar-refractivity contribution in [1.82, 2.24) is 42.5 Å². The van der Waals surface area contributed by atoms with E-state index in [9.17, 15) is 81.8 Å². The molecule has 0 saturated heterocycles. The molecule has 0 aliphatic heterocycles. The molecule has 3 aromatic rings. The van der Waals surface area contributed by atoms with Gasteiger partial charge in [0.05, 0.1) is 53.9 Å². The number of aryl methyl sites for hydroxylation is 2. The van der Waals surface area contributed by atoms with Crippen LogP contribution in [-0.4, -0.2) is 257 Å². The molecule has 1 fully saturated rings. The summed E-state index contributed by atoms with van der Waals surface area (Å²) in [4.78, 5) is 178. The zero-order valence-electron chi connectivity index (χ0n) is 95.0. The highest BCUT2D eigenvalue weighted by molar-refractivity contribution is 5.96. The van der Waals surface area contributed by atoms with Crippen molar-refractivity contribution < 1.29 is 130 Å². The number of aromatic carboxylic acids is 1. The number of rotatable bonds is 61. The topological polar surface area (TPSA) is 516 Å². The fraction of sp³-hybridized carbons (Fsp3) is 0.646. The third-order valence-corrected chi connectivity index (χ3v) is 23.4. The highest BCUT2D eigenvalue weighted by Crippen LogP contribution is 2.33. The van der Waals surface area contributed by atoms with Gasteiger partial charge in [-0.15, -0.1) is 0 Å². The first-order valence-corrected chi connectivity index (χ1v) is 52.0. The Morgan fingerprint density at radius 1 is 0.416 bits per heavy atom.